The molecule has 4 amide bonds. The Kier molecular flexibility index (Phi) is 8.22. The van der Waals surface area contributed by atoms with Gasteiger partial charge in [-0.05, 0) is 55.5 Å². The summed E-state index contributed by atoms with van der Waals surface area (Å²) >= 11 is 6.24. The fourth-order valence-corrected chi connectivity index (χ4v) is 4.29. The Hall–Kier alpha value is -4.44. The fraction of sp³-hybridized carbons (Fsp3) is 0.222. The lowest BCUT2D eigenvalue weighted by Gasteiger charge is -2.21. The summed E-state index contributed by atoms with van der Waals surface area (Å²) < 4.78 is 10.2. The Balaban J connectivity index is 1.58. The number of imide groups is 1. The minimum Gasteiger partial charge on any atom is -0.495 e. The van der Waals surface area contributed by atoms with E-state index in [9.17, 15) is 19.2 Å². The van der Waals surface area contributed by atoms with Crippen LogP contribution in [0.25, 0.3) is 0 Å². The number of pyridine rings is 1. The molecule has 1 aliphatic heterocycles. The van der Waals surface area contributed by atoms with E-state index in [0.717, 1.165) is 4.90 Å². The van der Waals surface area contributed by atoms with E-state index in [4.69, 9.17) is 21.1 Å². The van der Waals surface area contributed by atoms with Crippen LogP contribution in [0.1, 0.15) is 29.4 Å². The highest BCUT2D eigenvalue weighted by Gasteiger charge is 2.47. The van der Waals surface area contributed by atoms with E-state index in [0.29, 0.717) is 17.1 Å². The van der Waals surface area contributed by atoms with Crippen molar-refractivity contribution in [3.8, 4) is 5.75 Å². The maximum absolute atomic E-state index is 13.5. The summed E-state index contributed by atoms with van der Waals surface area (Å²) in [6.07, 6.45) is 1.26. The van der Waals surface area contributed by atoms with Crippen LogP contribution in [0.2, 0.25) is 5.02 Å². The van der Waals surface area contributed by atoms with Gasteiger partial charge in [-0.1, -0.05) is 23.7 Å². The van der Waals surface area contributed by atoms with Crippen LogP contribution in [0.3, 0.4) is 0 Å². The number of nitrogens with zero attached hydrogens (tertiary/aromatic N) is 3. The minimum absolute atomic E-state index is 0.0160. The van der Waals surface area contributed by atoms with E-state index in [-0.39, 0.29) is 35.8 Å². The number of aromatic nitrogens is 1. The highest BCUT2D eigenvalue weighted by atomic mass is 35.5. The molecule has 0 radical (unpaired) electrons. The van der Waals surface area contributed by atoms with Gasteiger partial charge in [-0.2, -0.15) is 0 Å². The lowest BCUT2D eigenvalue weighted by atomic mass is 10.1. The lowest BCUT2D eigenvalue weighted by Crippen LogP contribution is -2.37. The Labute approximate surface area is 224 Å². The van der Waals surface area contributed by atoms with Gasteiger partial charge in [-0.3, -0.25) is 14.6 Å². The van der Waals surface area contributed by atoms with Crippen LogP contribution in [0.15, 0.2) is 66.9 Å². The SMILES string of the molecule is CCOC(=O)c1cccc(NC(=O)C[C@@H]2C(=O)N(c3ccc(OC)c(Cl)c3)C(=O)N2Cc2ccccn2)c1. The zero-order valence-electron chi connectivity index (χ0n) is 20.7. The number of nitrogens with one attached hydrogen (secondary N) is 1. The normalized spacial score (nSPS) is 15.0. The van der Waals surface area contributed by atoms with Crippen molar-refractivity contribution < 1.29 is 28.7 Å². The number of esters is 1. The van der Waals surface area contributed by atoms with E-state index in [1.807, 2.05) is 0 Å². The molecule has 1 N–H and O–H groups in total. The van der Waals surface area contributed by atoms with E-state index < -0.39 is 29.9 Å². The second-order valence-electron chi connectivity index (χ2n) is 8.29. The molecule has 2 heterocycles. The van der Waals surface area contributed by atoms with Gasteiger partial charge in [-0.15, -0.1) is 0 Å². The Morgan fingerprint density at radius 3 is 2.58 bits per heavy atom. The number of hydrogen-bond acceptors (Lipinski definition) is 7. The zero-order valence-corrected chi connectivity index (χ0v) is 21.5. The first-order chi connectivity index (χ1) is 18.3. The van der Waals surface area contributed by atoms with Gasteiger partial charge < -0.3 is 19.7 Å². The summed E-state index contributed by atoms with van der Waals surface area (Å²) in [6.45, 7) is 1.93. The first-order valence-electron chi connectivity index (χ1n) is 11.8. The largest absolute Gasteiger partial charge is 0.495 e. The fourth-order valence-electron chi connectivity index (χ4n) is 4.04. The summed E-state index contributed by atoms with van der Waals surface area (Å²) in [5.41, 5.74) is 1.43. The maximum atomic E-state index is 13.5. The van der Waals surface area contributed by atoms with Gasteiger partial charge in [0.15, 0.2) is 0 Å². The number of urea groups is 1. The molecule has 0 bridgehead atoms. The summed E-state index contributed by atoms with van der Waals surface area (Å²) in [7, 11) is 1.46. The third-order valence-corrected chi connectivity index (χ3v) is 6.10. The lowest BCUT2D eigenvalue weighted by molar-refractivity contribution is -0.124. The van der Waals surface area contributed by atoms with Gasteiger partial charge in [0.1, 0.15) is 11.8 Å². The third-order valence-electron chi connectivity index (χ3n) is 5.81. The van der Waals surface area contributed by atoms with Crippen LogP contribution in [0, 0.1) is 0 Å². The van der Waals surface area contributed by atoms with Crippen molar-refractivity contribution in [2.75, 3.05) is 23.9 Å². The molecule has 2 aromatic carbocycles. The van der Waals surface area contributed by atoms with Crippen molar-refractivity contribution in [3.63, 3.8) is 0 Å². The van der Waals surface area contributed by atoms with Crippen molar-refractivity contribution in [2.45, 2.75) is 25.9 Å². The number of ether oxygens (including phenoxy) is 2. The van der Waals surface area contributed by atoms with Gasteiger partial charge >= 0.3 is 12.0 Å². The molecule has 4 rings (SSSR count). The molecular formula is C27H25ClN4O6. The molecule has 11 heteroatoms. The third kappa shape index (κ3) is 5.76. The van der Waals surface area contributed by atoms with Gasteiger partial charge in [0.05, 0.1) is 48.6 Å². The number of halogens is 1. The predicted molar refractivity (Wildman–Crippen MR) is 140 cm³/mol. The molecule has 1 saturated heterocycles. The average Bonchev–Trinajstić information content (AvgIpc) is 3.13. The summed E-state index contributed by atoms with van der Waals surface area (Å²) in [6, 6.07) is 14.3. The van der Waals surface area contributed by atoms with Crippen LogP contribution in [-0.2, 0) is 20.9 Å². The molecule has 1 aromatic heterocycles. The molecule has 38 heavy (non-hydrogen) atoms. The van der Waals surface area contributed by atoms with Gasteiger partial charge in [0.2, 0.25) is 5.91 Å². The van der Waals surface area contributed by atoms with Crippen LogP contribution < -0.4 is 15.0 Å². The van der Waals surface area contributed by atoms with Crippen molar-refractivity contribution in [2.24, 2.45) is 0 Å². The molecule has 3 aromatic rings. The number of anilines is 2. The first-order valence-corrected chi connectivity index (χ1v) is 12.1. The Morgan fingerprint density at radius 1 is 1.08 bits per heavy atom. The summed E-state index contributed by atoms with van der Waals surface area (Å²) in [4.78, 5) is 58.6. The summed E-state index contributed by atoms with van der Waals surface area (Å²) in [5, 5.41) is 2.92. The van der Waals surface area contributed by atoms with E-state index >= 15 is 0 Å². The van der Waals surface area contributed by atoms with Crippen molar-refractivity contribution in [1.29, 1.82) is 0 Å². The van der Waals surface area contributed by atoms with Crippen LogP contribution >= 0.6 is 11.6 Å². The molecular weight excluding hydrogens is 512 g/mol. The van der Waals surface area contributed by atoms with Crippen LogP contribution in [0.4, 0.5) is 16.2 Å². The number of carbonyl (C=O) groups is 4. The van der Waals surface area contributed by atoms with Crippen LogP contribution in [-0.4, -0.2) is 53.5 Å². The molecule has 196 valence electrons. The number of carbonyl (C=O) groups excluding carboxylic acids is 4. The molecule has 0 unspecified atom stereocenters. The number of benzene rings is 2. The molecule has 1 atom stereocenters. The number of hydrogen-bond donors (Lipinski definition) is 1. The molecule has 0 spiro atoms. The molecule has 10 nitrogen and oxygen atoms in total. The first kappa shape index (κ1) is 26.6. The topological polar surface area (TPSA) is 118 Å². The molecule has 1 aliphatic rings. The minimum atomic E-state index is -1.10. The number of rotatable bonds is 9. The smallest absolute Gasteiger partial charge is 0.338 e. The van der Waals surface area contributed by atoms with Gasteiger partial charge in [-0.25, -0.2) is 14.5 Å². The number of amides is 4. The monoisotopic (exact) mass is 536 g/mol. The Morgan fingerprint density at radius 2 is 1.89 bits per heavy atom. The highest BCUT2D eigenvalue weighted by molar-refractivity contribution is 6.33. The van der Waals surface area contributed by atoms with Crippen LogP contribution in [0.5, 0.6) is 5.75 Å². The predicted octanol–water partition coefficient (Wildman–Crippen LogP) is 4.29. The molecule has 0 aliphatic carbocycles. The maximum Gasteiger partial charge on any atom is 0.338 e. The number of methoxy groups -OCH3 is 1. The highest BCUT2D eigenvalue weighted by Crippen LogP contribution is 2.33. The van der Waals surface area contributed by atoms with Gasteiger partial charge in [0.25, 0.3) is 5.91 Å². The van der Waals surface area contributed by atoms with Crippen molar-refractivity contribution >= 4 is 46.8 Å². The standard InChI is InChI=1S/C27H25ClN4O6/c1-3-38-26(35)17-7-6-9-18(13-17)30-24(33)15-22-25(34)32(20-10-11-23(37-2)21(28)14-20)27(36)31(22)16-19-8-4-5-12-29-19/h4-14,22H,3,15-16H2,1-2H3,(H,30,33)/t22-/m1/s1. The molecule has 0 saturated carbocycles. The van der Waals surface area contributed by atoms with E-state index in [1.54, 1.807) is 61.7 Å². The summed E-state index contributed by atoms with van der Waals surface area (Å²) in [5.74, 6) is -1.23. The van der Waals surface area contributed by atoms with E-state index in [2.05, 4.69) is 10.3 Å². The zero-order chi connectivity index (χ0) is 27.2. The van der Waals surface area contributed by atoms with Crippen molar-refractivity contribution in [3.05, 3.63) is 83.1 Å². The second-order valence-corrected chi connectivity index (χ2v) is 8.70. The van der Waals surface area contributed by atoms with Crippen molar-refractivity contribution in [1.82, 2.24) is 9.88 Å². The Bertz CT molecular complexity index is 1370. The average molecular weight is 537 g/mol. The van der Waals surface area contributed by atoms with Gasteiger partial charge in [0, 0.05) is 11.9 Å². The van der Waals surface area contributed by atoms with E-state index in [1.165, 1.54) is 24.1 Å². The second kappa shape index (κ2) is 11.7. The quantitative estimate of drug-likeness (QED) is 0.320. The molecule has 1 fully saturated rings.